The highest BCUT2D eigenvalue weighted by atomic mass is 35.5. The number of halogens is 2. The second-order valence-electron chi connectivity index (χ2n) is 2.94. The van der Waals surface area contributed by atoms with Crippen LogP contribution in [0.25, 0.3) is 10.9 Å². The van der Waals surface area contributed by atoms with Gasteiger partial charge in [-0.25, -0.2) is 0 Å². The Kier molecular flexibility index (Phi) is 2.18. The SMILES string of the molecule is C[n+]1[nH]c2ccc(Cl)cc2c1CCl. The smallest absolute Gasteiger partial charge is 0.165 e. The second kappa shape index (κ2) is 3.20. The van der Waals surface area contributed by atoms with E-state index >= 15 is 0 Å². The maximum absolute atomic E-state index is 5.89. The summed E-state index contributed by atoms with van der Waals surface area (Å²) in [6.45, 7) is 0. The van der Waals surface area contributed by atoms with Crippen molar-refractivity contribution in [3.8, 4) is 0 Å². The molecule has 0 saturated carbocycles. The zero-order chi connectivity index (χ0) is 9.42. The third-order valence-corrected chi connectivity index (χ3v) is 2.60. The molecule has 4 heteroatoms. The molecule has 13 heavy (non-hydrogen) atoms. The summed E-state index contributed by atoms with van der Waals surface area (Å²) in [5, 5.41) is 5.00. The number of fused-ring (bicyclic) bond motifs is 1. The van der Waals surface area contributed by atoms with E-state index in [2.05, 4.69) is 5.10 Å². The van der Waals surface area contributed by atoms with Crippen LogP contribution in [0.4, 0.5) is 0 Å². The Balaban J connectivity index is 2.80. The summed E-state index contributed by atoms with van der Waals surface area (Å²) >= 11 is 11.7. The third-order valence-electron chi connectivity index (χ3n) is 2.11. The van der Waals surface area contributed by atoms with Crippen LogP contribution in [-0.4, -0.2) is 5.10 Å². The molecular formula is C9H9Cl2N2+. The van der Waals surface area contributed by atoms with Gasteiger partial charge in [-0.05, 0) is 18.2 Å². The highest BCUT2D eigenvalue weighted by Crippen LogP contribution is 2.20. The summed E-state index contributed by atoms with van der Waals surface area (Å²) in [5.74, 6) is 0.483. The molecule has 2 rings (SSSR count). The lowest BCUT2D eigenvalue weighted by Crippen LogP contribution is -2.33. The van der Waals surface area contributed by atoms with Crippen LogP contribution in [0.2, 0.25) is 5.02 Å². The molecule has 0 aliphatic rings. The van der Waals surface area contributed by atoms with Gasteiger partial charge in [-0.2, -0.15) is 5.10 Å². The minimum absolute atomic E-state index is 0.483. The molecule has 1 heterocycles. The number of hydrogen-bond donors (Lipinski definition) is 1. The number of hydrogen-bond acceptors (Lipinski definition) is 0. The molecule has 0 radical (unpaired) electrons. The first-order chi connectivity index (χ1) is 6.22. The molecule has 1 aromatic heterocycles. The number of aryl methyl sites for hydroxylation is 1. The molecule has 0 bridgehead atoms. The molecule has 0 saturated heterocycles. The number of nitrogens with zero attached hydrogens (tertiary/aromatic N) is 1. The fraction of sp³-hybridized carbons (Fsp3) is 0.222. The van der Waals surface area contributed by atoms with Gasteiger partial charge < -0.3 is 0 Å². The van der Waals surface area contributed by atoms with E-state index in [1.165, 1.54) is 0 Å². The van der Waals surface area contributed by atoms with Gasteiger partial charge in [0.2, 0.25) is 5.69 Å². The Labute approximate surface area is 86.1 Å². The van der Waals surface area contributed by atoms with Crippen LogP contribution in [0, 0.1) is 0 Å². The van der Waals surface area contributed by atoms with Crippen molar-refractivity contribution in [1.82, 2.24) is 5.10 Å². The molecule has 0 aliphatic carbocycles. The Morgan fingerprint density at radius 3 is 2.92 bits per heavy atom. The topological polar surface area (TPSA) is 19.7 Å². The minimum atomic E-state index is 0.483. The normalized spacial score (nSPS) is 11.0. The molecule has 2 aromatic rings. The summed E-state index contributed by atoms with van der Waals surface area (Å²) < 4.78 is 1.91. The van der Waals surface area contributed by atoms with Gasteiger partial charge in [0.1, 0.15) is 11.4 Å². The maximum Gasteiger partial charge on any atom is 0.229 e. The first-order valence-electron chi connectivity index (χ1n) is 3.94. The van der Waals surface area contributed by atoms with E-state index in [0.29, 0.717) is 5.88 Å². The average Bonchev–Trinajstić information content (AvgIpc) is 2.40. The molecule has 0 fully saturated rings. The van der Waals surface area contributed by atoms with Gasteiger partial charge >= 0.3 is 0 Å². The zero-order valence-electron chi connectivity index (χ0n) is 7.14. The molecule has 0 atom stereocenters. The molecule has 0 aliphatic heterocycles. The Bertz CT molecular complexity index is 448. The van der Waals surface area contributed by atoms with Crippen molar-refractivity contribution in [3.05, 3.63) is 28.9 Å². The van der Waals surface area contributed by atoms with Crippen molar-refractivity contribution >= 4 is 34.1 Å². The molecule has 2 nitrogen and oxygen atoms in total. The summed E-state index contributed by atoms with van der Waals surface area (Å²) in [5.41, 5.74) is 2.11. The van der Waals surface area contributed by atoms with Crippen LogP contribution in [0.1, 0.15) is 5.69 Å². The van der Waals surface area contributed by atoms with Gasteiger partial charge in [-0.3, -0.25) is 0 Å². The van der Waals surface area contributed by atoms with E-state index < -0.39 is 0 Å². The van der Waals surface area contributed by atoms with Crippen molar-refractivity contribution in [2.75, 3.05) is 0 Å². The minimum Gasteiger partial charge on any atom is -0.165 e. The van der Waals surface area contributed by atoms with Gasteiger partial charge in [0.05, 0.1) is 5.39 Å². The summed E-state index contributed by atoms with van der Waals surface area (Å²) in [4.78, 5) is 0. The Morgan fingerprint density at radius 1 is 1.46 bits per heavy atom. The molecule has 68 valence electrons. The van der Waals surface area contributed by atoms with Crippen molar-refractivity contribution in [2.24, 2.45) is 7.05 Å². The fourth-order valence-electron chi connectivity index (χ4n) is 1.44. The molecule has 1 aromatic carbocycles. The van der Waals surface area contributed by atoms with E-state index in [1.54, 1.807) is 0 Å². The second-order valence-corrected chi connectivity index (χ2v) is 3.64. The highest BCUT2D eigenvalue weighted by molar-refractivity contribution is 6.31. The first-order valence-corrected chi connectivity index (χ1v) is 4.85. The lowest BCUT2D eigenvalue weighted by Gasteiger charge is -1.88. The van der Waals surface area contributed by atoms with Crippen molar-refractivity contribution in [3.63, 3.8) is 0 Å². The van der Waals surface area contributed by atoms with Crippen LogP contribution >= 0.6 is 23.2 Å². The highest BCUT2D eigenvalue weighted by Gasteiger charge is 2.14. The summed E-state index contributed by atoms with van der Waals surface area (Å²) in [7, 11) is 1.94. The molecule has 1 N–H and O–H groups in total. The molecule has 0 spiro atoms. The van der Waals surface area contributed by atoms with Gasteiger partial charge in [-0.1, -0.05) is 11.6 Å². The van der Waals surface area contributed by atoms with E-state index in [4.69, 9.17) is 23.2 Å². The predicted octanol–water partition coefficient (Wildman–Crippen LogP) is 2.38. The lowest BCUT2D eigenvalue weighted by atomic mass is 10.2. The lowest BCUT2D eigenvalue weighted by molar-refractivity contribution is -0.730. The number of nitrogens with one attached hydrogen (secondary N) is 1. The molecular weight excluding hydrogens is 207 g/mol. The van der Waals surface area contributed by atoms with E-state index in [-0.39, 0.29) is 0 Å². The standard InChI is InChI=1S/C9H8Cl2N2/c1-13-9(5-10)7-4-6(11)2-3-8(7)12-13/h2-4H,5H2,1H3/p+1. The van der Waals surface area contributed by atoms with Gasteiger partial charge in [-0.15, -0.1) is 16.3 Å². The molecule has 0 unspecified atom stereocenters. The van der Waals surface area contributed by atoms with Crippen LogP contribution in [0.15, 0.2) is 18.2 Å². The maximum atomic E-state index is 5.89. The summed E-state index contributed by atoms with van der Waals surface area (Å²) in [6, 6.07) is 5.73. The van der Waals surface area contributed by atoms with E-state index in [9.17, 15) is 0 Å². The van der Waals surface area contributed by atoms with E-state index in [1.807, 2.05) is 29.9 Å². The predicted molar refractivity (Wildman–Crippen MR) is 54.0 cm³/mol. The van der Waals surface area contributed by atoms with Crippen molar-refractivity contribution < 1.29 is 4.68 Å². The number of rotatable bonds is 1. The monoisotopic (exact) mass is 215 g/mol. The van der Waals surface area contributed by atoms with Crippen LogP contribution < -0.4 is 4.68 Å². The molecule has 0 amide bonds. The van der Waals surface area contributed by atoms with Crippen LogP contribution in [0.3, 0.4) is 0 Å². The number of benzene rings is 1. The quantitative estimate of drug-likeness (QED) is 0.557. The average molecular weight is 216 g/mol. The largest absolute Gasteiger partial charge is 0.229 e. The van der Waals surface area contributed by atoms with E-state index in [0.717, 1.165) is 21.6 Å². The van der Waals surface area contributed by atoms with Crippen LogP contribution in [-0.2, 0) is 12.9 Å². The van der Waals surface area contributed by atoms with Crippen LogP contribution in [0.5, 0.6) is 0 Å². The van der Waals surface area contributed by atoms with Gasteiger partial charge in [0.15, 0.2) is 7.05 Å². The summed E-state index contributed by atoms with van der Waals surface area (Å²) in [6.07, 6.45) is 0. The first kappa shape index (κ1) is 8.85. The number of alkyl halides is 1. The number of aromatic nitrogens is 2. The number of H-pyrrole nitrogens is 1. The van der Waals surface area contributed by atoms with Crippen molar-refractivity contribution in [2.45, 2.75) is 5.88 Å². The Hall–Kier alpha value is -0.730. The van der Waals surface area contributed by atoms with Gasteiger partial charge in [0, 0.05) is 5.02 Å². The fourth-order valence-corrected chi connectivity index (χ4v) is 1.94. The Morgan fingerprint density at radius 2 is 2.23 bits per heavy atom. The van der Waals surface area contributed by atoms with Crippen molar-refractivity contribution in [1.29, 1.82) is 0 Å². The zero-order valence-corrected chi connectivity index (χ0v) is 8.65. The number of aromatic amines is 1. The van der Waals surface area contributed by atoms with Gasteiger partial charge in [0.25, 0.3) is 0 Å². The third kappa shape index (κ3) is 1.40.